The number of carbonyl (C=O) groups excluding carboxylic acids is 5. The normalized spacial score (nSPS) is 21.3. The summed E-state index contributed by atoms with van der Waals surface area (Å²) in [6, 6.07) is 8.65. The Kier molecular flexibility index (Phi) is 14.8. The lowest BCUT2D eigenvalue weighted by molar-refractivity contribution is -0.154. The third kappa shape index (κ3) is 10.3. The number of aryl methyl sites for hydroxylation is 1. The molecule has 0 unspecified atom stereocenters. The number of fused-ring (bicyclic) bond motifs is 6. The molecule has 18 heteroatoms. The van der Waals surface area contributed by atoms with Crippen LogP contribution in [0.2, 0.25) is 5.54 Å². The first-order valence-corrected chi connectivity index (χ1v) is 26.3. The third-order valence-corrected chi connectivity index (χ3v) is 16.3. The van der Waals surface area contributed by atoms with Crippen LogP contribution in [0.25, 0.3) is 33.4 Å². The number of amides is 5. The Morgan fingerprint density at radius 1 is 1.13 bits per heavy atom. The Morgan fingerprint density at radius 3 is 2.62 bits per heavy atom. The van der Waals surface area contributed by atoms with Crippen molar-refractivity contribution in [2.75, 3.05) is 46.9 Å². The van der Waals surface area contributed by atoms with E-state index in [2.05, 4.69) is 66.6 Å². The number of benzene rings is 1. The van der Waals surface area contributed by atoms with Gasteiger partial charge in [-0.05, 0) is 94.2 Å². The van der Waals surface area contributed by atoms with Crippen LogP contribution in [-0.4, -0.2) is 138 Å². The minimum Gasteiger partial charge on any atom is -0.464 e. The van der Waals surface area contributed by atoms with Gasteiger partial charge < -0.3 is 33.7 Å². The van der Waals surface area contributed by atoms with Crippen LogP contribution in [0.3, 0.4) is 0 Å². The van der Waals surface area contributed by atoms with Crippen LogP contribution < -0.4 is 10.4 Å². The molecule has 6 bridgehead atoms. The molecule has 1 saturated carbocycles. The quantitative estimate of drug-likeness (QED) is 0.101. The predicted molar refractivity (Wildman–Crippen MR) is 267 cm³/mol. The number of nitrogens with zero attached hydrogens (tertiary/aromatic N) is 7. The van der Waals surface area contributed by atoms with Crippen LogP contribution in [0.4, 0.5) is 4.79 Å². The number of cyclic esters (lactones) is 1. The summed E-state index contributed by atoms with van der Waals surface area (Å²) in [7, 11) is 2.98. The summed E-state index contributed by atoms with van der Waals surface area (Å²) >= 11 is 1.47. The fraction of sp³-hybridized carbons (Fsp3) is 0.549. The molecular weight excluding hydrogens is 911 g/mol. The lowest BCUT2D eigenvalue weighted by atomic mass is 9.84. The minimum atomic E-state index is -0.831. The van der Waals surface area contributed by atoms with Gasteiger partial charge in [-0.15, -0.1) is 11.3 Å². The maximum absolute atomic E-state index is 14.7. The van der Waals surface area contributed by atoms with Crippen molar-refractivity contribution < 1.29 is 33.4 Å². The summed E-state index contributed by atoms with van der Waals surface area (Å²) < 4.78 is 14.3. The number of nitrogens with one attached hydrogen (secondary N) is 2. The second kappa shape index (κ2) is 20.5. The molecule has 3 aliphatic heterocycles. The number of rotatable bonds is 10. The monoisotopic (exact) mass is 977 g/mol. The van der Waals surface area contributed by atoms with Gasteiger partial charge in [-0.3, -0.25) is 29.2 Å². The largest absolute Gasteiger partial charge is 0.464 e. The van der Waals surface area contributed by atoms with E-state index >= 15 is 0 Å². The molecular formula is C51H67N9O7SSi. The number of esters is 1. The molecule has 2 N–H and O–H groups in total. The van der Waals surface area contributed by atoms with E-state index in [4.69, 9.17) is 19.4 Å². The standard InChI is InChI=1S/C51H67N9O7SSi/c1-10-42(61)59-23-14-22-57(29-51(59)19-20-51)49(65)56(8)44(31(3)4)46(62)55-69-40-26-41-53-38(28-68-41)33-17-18-39-35(25-33)36(45(58(39)11-2)34-15-12-21-52-43(34)32(5)66-9)27-50(6,7)30-67-48(64)37-16-13-24-60(54-37)47(40)63/h10,12,15,17-18,21,25,28,31-32,37,40,44,54H,1,11,13-14,16,19-20,22-24,26-27,29-30H2,2-9H3,(H,55,62)/t32-,37-,40-,44-/m0/s1. The Hall–Kier alpha value is -5.43. The first-order chi connectivity index (χ1) is 33.0. The van der Waals surface area contributed by atoms with Crippen molar-refractivity contribution in [1.82, 2.24) is 44.7 Å². The number of likely N-dealkylation sites (N-methyl/N-ethyl adjacent to an activating group) is 1. The average molecular weight is 978 g/mol. The summed E-state index contributed by atoms with van der Waals surface area (Å²) in [6.07, 6.45) is 7.03. The SMILES string of the molecule is C=CC(=O)N1CCCN(C(=O)N(C)[C@H](C(=O)N[Si][C@H]2Cc3nc(cs3)-c3ccc4c(c3)c(c(-c3cccnc3[C@H](C)OC)n4CC)CC(C)(C)COC(=O)[C@@H]3CCCN(N3)C2=O)C(C)C)CC12CC2. The van der Waals surface area contributed by atoms with E-state index in [9.17, 15) is 24.0 Å². The van der Waals surface area contributed by atoms with Crippen molar-refractivity contribution in [2.45, 2.75) is 122 Å². The highest BCUT2D eigenvalue weighted by atomic mass is 32.1. The highest BCUT2D eigenvalue weighted by Gasteiger charge is 2.53. The number of methoxy groups -OCH3 is 1. The van der Waals surface area contributed by atoms with Gasteiger partial charge in [0.05, 0.1) is 45.9 Å². The zero-order valence-corrected chi connectivity index (χ0v) is 43.1. The van der Waals surface area contributed by atoms with Gasteiger partial charge >= 0.3 is 12.0 Å². The first-order valence-electron chi connectivity index (χ1n) is 24.3. The van der Waals surface area contributed by atoms with Crippen molar-refractivity contribution in [3.05, 3.63) is 70.8 Å². The first kappa shape index (κ1) is 50.0. The van der Waals surface area contributed by atoms with E-state index < -0.39 is 34.5 Å². The molecule has 2 radical (unpaired) electrons. The van der Waals surface area contributed by atoms with E-state index in [0.29, 0.717) is 58.4 Å². The molecule has 8 rings (SSSR count). The fourth-order valence-electron chi connectivity index (χ4n) is 10.4. The molecule has 1 aliphatic carbocycles. The predicted octanol–water partition coefficient (Wildman–Crippen LogP) is 6.57. The number of thiazole rings is 1. The van der Waals surface area contributed by atoms with Crippen LogP contribution in [0, 0.1) is 11.3 Å². The maximum atomic E-state index is 14.7. The highest BCUT2D eigenvalue weighted by Crippen LogP contribution is 2.45. The Bertz CT molecular complexity index is 2610. The molecule has 368 valence electrons. The van der Waals surface area contributed by atoms with Crippen LogP contribution in [0.15, 0.2) is 54.6 Å². The number of hydrogen-bond acceptors (Lipinski definition) is 11. The van der Waals surface area contributed by atoms with Crippen molar-refractivity contribution in [3.63, 3.8) is 0 Å². The van der Waals surface area contributed by atoms with E-state index in [1.165, 1.54) is 27.3 Å². The molecule has 4 aromatic rings. The molecule has 5 amide bonds. The molecule has 1 aromatic carbocycles. The Morgan fingerprint density at radius 2 is 1.91 bits per heavy atom. The molecule has 16 nitrogen and oxygen atoms in total. The number of ether oxygens (including phenoxy) is 2. The molecule has 3 fully saturated rings. The van der Waals surface area contributed by atoms with Crippen LogP contribution in [0.5, 0.6) is 0 Å². The number of aromatic nitrogens is 3. The minimum absolute atomic E-state index is 0.126. The van der Waals surface area contributed by atoms with Gasteiger partial charge in [-0.25, -0.2) is 15.2 Å². The molecule has 4 aliphatic rings. The van der Waals surface area contributed by atoms with Crippen molar-refractivity contribution in [3.8, 4) is 22.5 Å². The molecule has 69 heavy (non-hydrogen) atoms. The van der Waals surface area contributed by atoms with Gasteiger partial charge in [0.2, 0.25) is 17.7 Å². The molecule has 4 atom stereocenters. The zero-order chi connectivity index (χ0) is 49.4. The Balaban J connectivity index is 1.10. The second-order valence-electron chi connectivity index (χ2n) is 20.2. The number of urea groups is 1. The van der Waals surface area contributed by atoms with Gasteiger partial charge in [0.15, 0.2) is 9.68 Å². The smallest absolute Gasteiger partial charge is 0.324 e. The number of hydrazine groups is 1. The summed E-state index contributed by atoms with van der Waals surface area (Å²) in [5, 5.41) is 5.33. The van der Waals surface area contributed by atoms with Crippen molar-refractivity contribution in [1.29, 1.82) is 0 Å². The van der Waals surface area contributed by atoms with Gasteiger partial charge in [0.1, 0.15) is 12.1 Å². The number of hydrogen-bond donors (Lipinski definition) is 2. The summed E-state index contributed by atoms with van der Waals surface area (Å²) in [5.74, 6) is -1.43. The van der Waals surface area contributed by atoms with Crippen LogP contribution in [0.1, 0.15) is 96.0 Å². The molecule has 2 saturated heterocycles. The summed E-state index contributed by atoms with van der Waals surface area (Å²) in [6.45, 7) is 18.5. The topological polar surface area (TPSA) is 172 Å². The number of carbonyl (C=O) groups is 5. The molecule has 1 spiro atoms. The van der Waals surface area contributed by atoms with Crippen molar-refractivity contribution >= 4 is 61.6 Å². The molecule has 3 aromatic heterocycles. The number of pyridine rings is 1. The van der Waals surface area contributed by atoms with Gasteiger partial charge in [-0.1, -0.05) is 40.3 Å². The van der Waals surface area contributed by atoms with Gasteiger partial charge in [0.25, 0.3) is 0 Å². The highest BCUT2D eigenvalue weighted by molar-refractivity contribution is 7.10. The maximum Gasteiger partial charge on any atom is 0.324 e. The van der Waals surface area contributed by atoms with Gasteiger partial charge in [-0.2, -0.15) is 0 Å². The molecule has 6 heterocycles. The lowest BCUT2D eigenvalue weighted by Crippen LogP contribution is -2.58. The van der Waals surface area contributed by atoms with E-state index in [-0.39, 0.29) is 58.5 Å². The lowest BCUT2D eigenvalue weighted by Gasteiger charge is -2.37. The summed E-state index contributed by atoms with van der Waals surface area (Å²) in [4.78, 5) is 88.1. The van der Waals surface area contributed by atoms with Crippen LogP contribution >= 0.6 is 11.3 Å². The zero-order valence-electron chi connectivity index (χ0n) is 41.3. The van der Waals surface area contributed by atoms with E-state index in [1.807, 2.05) is 37.1 Å². The fourth-order valence-corrected chi connectivity index (χ4v) is 12.5. The average Bonchev–Trinajstić information content (AvgIpc) is 3.92. The second-order valence-corrected chi connectivity index (χ2v) is 22.4. The summed E-state index contributed by atoms with van der Waals surface area (Å²) in [5.41, 5.74) is 8.34. The van der Waals surface area contributed by atoms with E-state index in [0.717, 1.165) is 62.5 Å². The van der Waals surface area contributed by atoms with E-state index in [1.54, 1.807) is 25.3 Å². The van der Waals surface area contributed by atoms with Gasteiger partial charge in [0, 0.05) is 92.3 Å². The Labute approximate surface area is 412 Å². The van der Waals surface area contributed by atoms with Crippen LogP contribution in [-0.2, 0) is 48.0 Å². The van der Waals surface area contributed by atoms with Crippen molar-refractivity contribution in [2.24, 2.45) is 11.3 Å². The third-order valence-electron chi connectivity index (χ3n) is 14.2.